The van der Waals surface area contributed by atoms with E-state index in [0.29, 0.717) is 23.8 Å². The molecule has 1 aromatic rings. The number of hydrogen-bond acceptors (Lipinski definition) is 5. The lowest BCUT2D eigenvalue weighted by Gasteiger charge is -2.39. The molecule has 0 spiro atoms. The molecule has 20 heavy (non-hydrogen) atoms. The second-order valence-corrected chi connectivity index (χ2v) is 5.22. The van der Waals surface area contributed by atoms with Gasteiger partial charge < -0.3 is 20.5 Å². The summed E-state index contributed by atoms with van der Waals surface area (Å²) in [5.74, 6) is -0.426. The van der Waals surface area contributed by atoms with Gasteiger partial charge >= 0.3 is 5.97 Å². The molecule has 0 radical (unpaired) electrons. The number of aliphatic hydroxyl groups excluding tert-OH is 1. The summed E-state index contributed by atoms with van der Waals surface area (Å²) < 4.78 is 4.78. The minimum atomic E-state index is -0.426. The smallest absolute Gasteiger partial charge is 0.340 e. The molecule has 2 rings (SSSR count). The van der Waals surface area contributed by atoms with Gasteiger partial charge in [-0.05, 0) is 43.9 Å². The summed E-state index contributed by atoms with van der Waals surface area (Å²) in [5.41, 5.74) is 8.58. The van der Waals surface area contributed by atoms with Gasteiger partial charge in [0, 0.05) is 24.0 Å². The van der Waals surface area contributed by atoms with E-state index in [0.717, 1.165) is 24.1 Å². The van der Waals surface area contributed by atoms with E-state index in [1.807, 2.05) is 13.0 Å². The number of aliphatic hydroxyl groups is 1. The highest BCUT2D eigenvalue weighted by atomic mass is 16.5. The molecule has 0 atom stereocenters. The molecule has 0 saturated heterocycles. The number of methoxy groups -OCH3 is 1. The third-order valence-electron chi connectivity index (χ3n) is 3.96. The monoisotopic (exact) mass is 278 g/mol. The van der Waals surface area contributed by atoms with E-state index in [1.54, 1.807) is 6.07 Å². The lowest BCUT2D eigenvalue weighted by molar-refractivity contribution is 0.0602. The number of ether oxygens (including phenoxy) is 1. The maximum Gasteiger partial charge on any atom is 0.340 e. The summed E-state index contributed by atoms with van der Waals surface area (Å²) in [4.78, 5) is 14.0. The summed E-state index contributed by atoms with van der Waals surface area (Å²) in [6.45, 7) is 2.53. The molecule has 1 aliphatic rings. The Hall–Kier alpha value is -1.75. The zero-order valence-electron chi connectivity index (χ0n) is 12.1. The Balaban J connectivity index is 2.38. The SMILES string of the molecule is COC(=O)c1cc(N(CCO)C2CCC2)cc(C)c1N. The van der Waals surface area contributed by atoms with Crippen molar-refractivity contribution in [1.82, 2.24) is 0 Å². The third kappa shape index (κ3) is 2.72. The van der Waals surface area contributed by atoms with E-state index >= 15 is 0 Å². The fourth-order valence-electron chi connectivity index (χ4n) is 2.55. The van der Waals surface area contributed by atoms with Gasteiger partial charge in [0.15, 0.2) is 0 Å². The zero-order valence-corrected chi connectivity index (χ0v) is 12.1. The van der Waals surface area contributed by atoms with E-state index in [4.69, 9.17) is 10.5 Å². The molecule has 0 unspecified atom stereocenters. The van der Waals surface area contributed by atoms with Crippen LogP contribution < -0.4 is 10.6 Å². The molecule has 1 saturated carbocycles. The number of nitrogens with two attached hydrogens (primary N) is 1. The minimum Gasteiger partial charge on any atom is -0.465 e. The van der Waals surface area contributed by atoms with Crippen molar-refractivity contribution in [3.63, 3.8) is 0 Å². The van der Waals surface area contributed by atoms with Crippen molar-refractivity contribution in [2.24, 2.45) is 0 Å². The van der Waals surface area contributed by atoms with Crippen LogP contribution in [0, 0.1) is 6.92 Å². The predicted octanol–water partition coefficient (Wildman–Crippen LogP) is 1.72. The second kappa shape index (κ2) is 6.13. The summed E-state index contributed by atoms with van der Waals surface area (Å²) in [6.07, 6.45) is 3.46. The van der Waals surface area contributed by atoms with Gasteiger partial charge in [-0.25, -0.2) is 4.79 Å². The zero-order chi connectivity index (χ0) is 14.7. The Kier molecular flexibility index (Phi) is 4.49. The lowest BCUT2D eigenvalue weighted by atomic mass is 9.90. The van der Waals surface area contributed by atoms with E-state index in [9.17, 15) is 9.90 Å². The maximum atomic E-state index is 11.8. The molecule has 0 aromatic heterocycles. The molecule has 3 N–H and O–H groups in total. The number of anilines is 2. The number of benzene rings is 1. The van der Waals surface area contributed by atoms with Crippen molar-refractivity contribution in [3.05, 3.63) is 23.3 Å². The first-order chi connectivity index (χ1) is 9.58. The molecule has 110 valence electrons. The van der Waals surface area contributed by atoms with Gasteiger partial charge in [0.25, 0.3) is 0 Å². The van der Waals surface area contributed by atoms with Gasteiger partial charge in [-0.3, -0.25) is 0 Å². The van der Waals surface area contributed by atoms with Crippen LogP contribution in [0.3, 0.4) is 0 Å². The van der Waals surface area contributed by atoms with Crippen LogP contribution in [0.5, 0.6) is 0 Å². The van der Waals surface area contributed by atoms with Crippen LogP contribution in [0.2, 0.25) is 0 Å². The van der Waals surface area contributed by atoms with Crippen LogP contribution in [0.25, 0.3) is 0 Å². The predicted molar refractivity (Wildman–Crippen MR) is 79.0 cm³/mol. The number of rotatable bonds is 5. The molecule has 5 nitrogen and oxygen atoms in total. The van der Waals surface area contributed by atoms with Gasteiger partial charge in [0.05, 0.1) is 19.3 Å². The fourth-order valence-corrected chi connectivity index (χ4v) is 2.55. The Labute approximate surface area is 119 Å². The van der Waals surface area contributed by atoms with Crippen LogP contribution in [0.15, 0.2) is 12.1 Å². The molecule has 1 fully saturated rings. The first-order valence-electron chi connectivity index (χ1n) is 6.94. The first kappa shape index (κ1) is 14.7. The molecule has 5 heteroatoms. The molecule has 0 amide bonds. The Morgan fingerprint density at radius 1 is 1.50 bits per heavy atom. The largest absolute Gasteiger partial charge is 0.465 e. The molecule has 0 heterocycles. The number of nitrogen functional groups attached to an aromatic ring is 1. The van der Waals surface area contributed by atoms with E-state index in [-0.39, 0.29) is 6.61 Å². The van der Waals surface area contributed by atoms with Crippen molar-refractivity contribution in [3.8, 4) is 0 Å². The molecular formula is C15H22N2O3. The number of esters is 1. The highest BCUT2D eigenvalue weighted by Crippen LogP contribution is 2.32. The van der Waals surface area contributed by atoms with Crippen LogP contribution in [-0.4, -0.2) is 37.4 Å². The quantitative estimate of drug-likeness (QED) is 0.633. The van der Waals surface area contributed by atoms with Gasteiger partial charge in [0.2, 0.25) is 0 Å². The fraction of sp³-hybridized carbons (Fsp3) is 0.533. The van der Waals surface area contributed by atoms with Gasteiger partial charge in [-0.2, -0.15) is 0 Å². The normalized spacial score (nSPS) is 14.8. The average molecular weight is 278 g/mol. The summed E-state index contributed by atoms with van der Waals surface area (Å²) >= 11 is 0. The minimum absolute atomic E-state index is 0.0908. The van der Waals surface area contributed by atoms with Gasteiger partial charge in [-0.15, -0.1) is 0 Å². The van der Waals surface area contributed by atoms with Crippen molar-refractivity contribution in [1.29, 1.82) is 0 Å². The highest BCUT2D eigenvalue weighted by molar-refractivity contribution is 5.97. The molecular weight excluding hydrogens is 256 g/mol. The number of nitrogens with zero attached hydrogens (tertiary/aromatic N) is 1. The van der Waals surface area contributed by atoms with Crippen molar-refractivity contribution in [2.45, 2.75) is 32.2 Å². The molecule has 0 aliphatic heterocycles. The number of hydrogen-bond donors (Lipinski definition) is 2. The number of aryl methyl sites for hydroxylation is 1. The molecule has 1 aliphatic carbocycles. The number of carbonyl (C=O) groups excluding carboxylic acids is 1. The van der Waals surface area contributed by atoms with Gasteiger partial charge in [-0.1, -0.05) is 0 Å². The first-order valence-corrected chi connectivity index (χ1v) is 6.94. The van der Waals surface area contributed by atoms with Crippen molar-refractivity contribution < 1.29 is 14.6 Å². The van der Waals surface area contributed by atoms with E-state index in [1.165, 1.54) is 13.5 Å². The second-order valence-electron chi connectivity index (χ2n) is 5.22. The number of carbonyl (C=O) groups is 1. The van der Waals surface area contributed by atoms with Crippen LogP contribution in [0.4, 0.5) is 11.4 Å². The standard InChI is InChI=1S/C15H22N2O3/c1-10-8-12(9-13(14(10)16)15(19)20-2)17(6-7-18)11-4-3-5-11/h8-9,11,18H,3-7,16H2,1-2H3. The van der Waals surface area contributed by atoms with Crippen LogP contribution >= 0.6 is 0 Å². The van der Waals surface area contributed by atoms with E-state index in [2.05, 4.69) is 4.90 Å². The topological polar surface area (TPSA) is 75.8 Å². The van der Waals surface area contributed by atoms with Gasteiger partial charge in [0.1, 0.15) is 0 Å². The molecule has 1 aromatic carbocycles. The van der Waals surface area contributed by atoms with Crippen LogP contribution in [-0.2, 0) is 4.74 Å². The third-order valence-corrected chi connectivity index (χ3v) is 3.96. The summed E-state index contributed by atoms with van der Waals surface area (Å²) in [5, 5.41) is 9.26. The van der Waals surface area contributed by atoms with E-state index < -0.39 is 5.97 Å². The lowest BCUT2D eigenvalue weighted by Crippen LogP contribution is -2.42. The average Bonchev–Trinajstić information content (AvgIpc) is 2.38. The van der Waals surface area contributed by atoms with Crippen molar-refractivity contribution in [2.75, 3.05) is 30.9 Å². The Morgan fingerprint density at radius 3 is 2.70 bits per heavy atom. The summed E-state index contributed by atoms with van der Waals surface area (Å²) in [7, 11) is 1.35. The molecule has 0 bridgehead atoms. The highest BCUT2D eigenvalue weighted by Gasteiger charge is 2.26. The van der Waals surface area contributed by atoms with Crippen LogP contribution in [0.1, 0.15) is 35.2 Å². The summed E-state index contributed by atoms with van der Waals surface area (Å²) in [6, 6.07) is 4.17. The van der Waals surface area contributed by atoms with Crippen molar-refractivity contribution >= 4 is 17.3 Å². The maximum absolute atomic E-state index is 11.8. The Bertz CT molecular complexity index is 498. The Morgan fingerprint density at radius 2 is 2.20 bits per heavy atom.